The van der Waals surface area contributed by atoms with Crippen LogP contribution in [-0.4, -0.2) is 11.3 Å². The predicted molar refractivity (Wildman–Crippen MR) is 89.0 cm³/mol. The maximum Gasteiger partial charge on any atom is 0.184 e. The third-order valence-corrected chi connectivity index (χ3v) is 3.27. The Kier molecular flexibility index (Phi) is 3.31. The Hall–Kier alpha value is -2.46. The first-order valence-electron chi connectivity index (χ1n) is 6.25. The SMILES string of the molecule is NC(=S)N/N=C\c1c2ccccc2cc2ccccc12. The van der Waals surface area contributed by atoms with Crippen LogP contribution < -0.4 is 11.2 Å². The van der Waals surface area contributed by atoms with Gasteiger partial charge in [-0.3, -0.25) is 5.43 Å². The number of nitrogens with zero attached hydrogens (tertiary/aromatic N) is 1. The lowest BCUT2D eigenvalue weighted by Crippen LogP contribution is -2.24. The van der Waals surface area contributed by atoms with Gasteiger partial charge in [0.1, 0.15) is 0 Å². The van der Waals surface area contributed by atoms with E-state index in [0.717, 1.165) is 16.3 Å². The van der Waals surface area contributed by atoms with E-state index < -0.39 is 0 Å². The first-order valence-corrected chi connectivity index (χ1v) is 6.65. The maximum atomic E-state index is 5.39. The van der Waals surface area contributed by atoms with E-state index >= 15 is 0 Å². The van der Waals surface area contributed by atoms with Gasteiger partial charge < -0.3 is 5.73 Å². The van der Waals surface area contributed by atoms with Crippen LogP contribution in [0.5, 0.6) is 0 Å². The fourth-order valence-electron chi connectivity index (χ4n) is 2.35. The molecule has 4 heteroatoms. The van der Waals surface area contributed by atoms with Crippen molar-refractivity contribution in [2.45, 2.75) is 0 Å². The molecule has 0 unspecified atom stereocenters. The Morgan fingerprint density at radius 1 is 1.00 bits per heavy atom. The maximum absolute atomic E-state index is 5.39. The number of hydrazone groups is 1. The van der Waals surface area contributed by atoms with Crippen LogP contribution in [0.15, 0.2) is 59.7 Å². The van der Waals surface area contributed by atoms with Gasteiger partial charge in [0.05, 0.1) is 6.21 Å². The third-order valence-electron chi connectivity index (χ3n) is 3.18. The Labute approximate surface area is 122 Å². The number of hydrogen-bond acceptors (Lipinski definition) is 2. The molecule has 0 aliphatic heterocycles. The first-order chi connectivity index (χ1) is 9.75. The molecule has 0 aromatic heterocycles. The van der Waals surface area contributed by atoms with Crippen molar-refractivity contribution in [3.8, 4) is 0 Å². The summed E-state index contributed by atoms with van der Waals surface area (Å²) in [5.41, 5.74) is 9.05. The van der Waals surface area contributed by atoms with Crippen molar-refractivity contribution in [3.05, 3.63) is 60.2 Å². The van der Waals surface area contributed by atoms with Crippen LogP contribution in [0.2, 0.25) is 0 Å². The van der Waals surface area contributed by atoms with E-state index in [1.807, 2.05) is 24.3 Å². The van der Waals surface area contributed by atoms with E-state index in [0.29, 0.717) is 0 Å². The first kappa shape index (κ1) is 12.6. The lowest BCUT2D eigenvalue weighted by molar-refractivity contribution is 1.04. The molecule has 3 aromatic carbocycles. The second kappa shape index (κ2) is 5.27. The molecule has 20 heavy (non-hydrogen) atoms. The number of hydrogen-bond donors (Lipinski definition) is 2. The van der Waals surface area contributed by atoms with Gasteiger partial charge in [-0.25, -0.2) is 0 Å². The summed E-state index contributed by atoms with van der Waals surface area (Å²) in [6.45, 7) is 0. The van der Waals surface area contributed by atoms with Crippen LogP contribution in [0, 0.1) is 0 Å². The standard InChI is InChI=1S/C16H13N3S/c17-16(20)19-18-10-15-13-7-3-1-5-11(13)9-12-6-2-4-8-14(12)15/h1-10H,(H3,17,19,20)/b18-10-. The summed E-state index contributed by atoms with van der Waals surface area (Å²) in [5.74, 6) is 0. The van der Waals surface area contributed by atoms with Crippen molar-refractivity contribution < 1.29 is 0 Å². The largest absolute Gasteiger partial charge is 0.375 e. The monoisotopic (exact) mass is 279 g/mol. The van der Waals surface area contributed by atoms with Gasteiger partial charge in [-0.15, -0.1) is 0 Å². The van der Waals surface area contributed by atoms with Crippen molar-refractivity contribution in [2.75, 3.05) is 0 Å². The molecule has 0 bridgehead atoms. The second-order valence-electron chi connectivity index (χ2n) is 4.47. The average Bonchev–Trinajstić information content (AvgIpc) is 2.46. The average molecular weight is 279 g/mol. The summed E-state index contributed by atoms with van der Waals surface area (Å²) in [4.78, 5) is 0. The van der Waals surface area contributed by atoms with Crippen molar-refractivity contribution >= 4 is 45.1 Å². The number of thiocarbonyl (C=S) groups is 1. The molecule has 0 aliphatic carbocycles. The summed E-state index contributed by atoms with van der Waals surface area (Å²) in [5, 5.41) is 8.93. The molecule has 0 heterocycles. The third kappa shape index (κ3) is 2.33. The zero-order valence-corrected chi connectivity index (χ0v) is 11.5. The summed E-state index contributed by atoms with van der Waals surface area (Å²) in [7, 11) is 0. The minimum Gasteiger partial charge on any atom is -0.375 e. The highest BCUT2D eigenvalue weighted by molar-refractivity contribution is 7.80. The molecule has 0 atom stereocenters. The number of nitrogens with two attached hydrogens (primary N) is 1. The number of fused-ring (bicyclic) bond motifs is 2. The van der Waals surface area contributed by atoms with E-state index in [1.54, 1.807) is 6.21 Å². The Bertz CT molecular complexity index is 770. The van der Waals surface area contributed by atoms with E-state index in [1.165, 1.54) is 10.8 Å². The van der Waals surface area contributed by atoms with Gasteiger partial charge in [0.2, 0.25) is 0 Å². The van der Waals surface area contributed by atoms with Crippen molar-refractivity contribution in [3.63, 3.8) is 0 Å². The van der Waals surface area contributed by atoms with Gasteiger partial charge in [-0.1, -0.05) is 48.5 Å². The van der Waals surface area contributed by atoms with E-state index in [-0.39, 0.29) is 5.11 Å². The smallest absolute Gasteiger partial charge is 0.184 e. The summed E-state index contributed by atoms with van der Waals surface area (Å²) in [6.07, 6.45) is 1.77. The van der Waals surface area contributed by atoms with Crippen LogP contribution in [0.3, 0.4) is 0 Å². The molecule has 3 nitrogen and oxygen atoms in total. The summed E-state index contributed by atoms with van der Waals surface area (Å²) in [6, 6.07) is 18.7. The molecule has 3 aromatic rings. The van der Waals surface area contributed by atoms with Crippen LogP contribution in [-0.2, 0) is 0 Å². The zero-order chi connectivity index (χ0) is 13.9. The Balaban J connectivity index is 2.27. The zero-order valence-electron chi connectivity index (χ0n) is 10.7. The summed E-state index contributed by atoms with van der Waals surface area (Å²) < 4.78 is 0. The highest BCUT2D eigenvalue weighted by atomic mass is 32.1. The molecule has 0 radical (unpaired) electrons. The molecule has 3 N–H and O–H groups in total. The molecule has 0 aliphatic rings. The molecule has 0 fully saturated rings. The Morgan fingerprint density at radius 3 is 2.10 bits per heavy atom. The molecule has 0 spiro atoms. The van der Waals surface area contributed by atoms with Gasteiger partial charge in [0.25, 0.3) is 0 Å². The number of rotatable bonds is 2. The van der Waals surface area contributed by atoms with Crippen molar-refractivity contribution in [1.82, 2.24) is 5.43 Å². The minimum absolute atomic E-state index is 0.158. The molecular formula is C16H13N3S. The fourth-order valence-corrected chi connectivity index (χ4v) is 2.40. The highest BCUT2D eigenvalue weighted by Gasteiger charge is 2.04. The van der Waals surface area contributed by atoms with E-state index in [4.69, 9.17) is 18.0 Å². The lowest BCUT2D eigenvalue weighted by atomic mass is 9.97. The molecule has 3 rings (SSSR count). The Morgan fingerprint density at radius 2 is 1.55 bits per heavy atom. The fraction of sp³-hybridized carbons (Fsp3) is 0. The molecule has 0 saturated carbocycles. The van der Waals surface area contributed by atoms with Crippen LogP contribution in [0.25, 0.3) is 21.5 Å². The molecule has 0 amide bonds. The predicted octanol–water partition coefficient (Wildman–Crippen LogP) is 3.16. The van der Waals surface area contributed by atoms with Crippen LogP contribution in [0.1, 0.15) is 5.56 Å². The van der Waals surface area contributed by atoms with Crippen molar-refractivity contribution in [1.29, 1.82) is 0 Å². The second-order valence-corrected chi connectivity index (χ2v) is 4.91. The van der Waals surface area contributed by atoms with E-state index in [2.05, 4.69) is 40.9 Å². The van der Waals surface area contributed by atoms with Gasteiger partial charge in [-0.05, 0) is 39.8 Å². The molecule has 0 saturated heterocycles. The normalized spacial score (nSPS) is 11.2. The van der Waals surface area contributed by atoms with Crippen LogP contribution in [0.4, 0.5) is 0 Å². The minimum atomic E-state index is 0.158. The lowest BCUT2D eigenvalue weighted by Gasteiger charge is -2.07. The number of benzene rings is 3. The van der Waals surface area contributed by atoms with Crippen molar-refractivity contribution in [2.24, 2.45) is 10.8 Å². The highest BCUT2D eigenvalue weighted by Crippen LogP contribution is 2.27. The number of nitrogens with one attached hydrogen (secondary N) is 1. The topological polar surface area (TPSA) is 50.4 Å². The quantitative estimate of drug-likeness (QED) is 0.328. The molecule has 98 valence electrons. The summed E-state index contributed by atoms with van der Waals surface area (Å²) >= 11 is 4.76. The van der Waals surface area contributed by atoms with Crippen LogP contribution >= 0.6 is 12.2 Å². The van der Waals surface area contributed by atoms with Gasteiger partial charge in [0, 0.05) is 5.56 Å². The van der Waals surface area contributed by atoms with Gasteiger partial charge >= 0.3 is 0 Å². The van der Waals surface area contributed by atoms with Gasteiger partial charge in [-0.2, -0.15) is 5.10 Å². The molecular weight excluding hydrogens is 266 g/mol. The van der Waals surface area contributed by atoms with E-state index in [9.17, 15) is 0 Å². The van der Waals surface area contributed by atoms with Gasteiger partial charge in [0.15, 0.2) is 5.11 Å².